The third-order valence-corrected chi connectivity index (χ3v) is 4.65. The Hall–Kier alpha value is -1.88. The molecule has 5 heteroatoms. The number of amides is 3. The molecule has 0 radical (unpaired) electrons. The lowest BCUT2D eigenvalue weighted by atomic mass is 9.72. The quantitative estimate of drug-likeness (QED) is 0.875. The van der Waals surface area contributed by atoms with Crippen molar-refractivity contribution in [3.63, 3.8) is 0 Å². The normalized spacial score (nSPS) is 21.5. The maximum atomic E-state index is 12.9. The van der Waals surface area contributed by atoms with Crippen molar-refractivity contribution < 1.29 is 9.59 Å². The van der Waals surface area contributed by atoms with Gasteiger partial charge in [-0.1, -0.05) is 31.4 Å². The highest BCUT2D eigenvalue weighted by Gasteiger charge is 2.47. The summed E-state index contributed by atoms with van der Waals surface area (Å²) < 4.78 is 0. The van der Waals surface area contributed by atoms with Gasteiger partial charge in [0.05, 0.1) is 11.1 Å². The number of urea groups is 1. The molecule has 1 aliphatic carbocycles. The number of imide groups is 1. The molecule has 1 aliphatic heterocycles. The summed E-state index contributed by atoms with van der Waals surface area (Å²) in [5.74, 6) is -0.0554. The molecule has 1 saturated heterocycles. The SMILES string of the molecule is NCc1cccc(N2C(=O)NCC3(CCCCC3)C2=O)c1. The Morgan fingerprint density at radius 3 is 2.67 bits per heavy atom. The van der Waals surface area contributed by atoms with E-state index < -0.39 is 5.41 Å². The number of carbonyl (C=O) groups is 2. The summed E-state index contributed by atoms with van der Waals surface area (Å²) >= 11 is 0. The maximum absolute atomic E-state index is 12.9. The third-order valence-electron chi connectivity index (χ3n) is 4.65. The molecule has 21 heavy (non-hydrogen) atoms. The lowest BCUT2D eigenvalue weighted by Gasteiger charge is -2.43. The molecular formula is C16H21N3O2. The second-order valence-corrected chi connectivity index (χ2v) is 6.01. The Morgan fingerprint density at radius 2 is 1.95 bits per heavy atom. The molecule has 2 fully saturated rings. The first kappa shape index (κ1) is 14.1. The van der Waals surface area contributed by atoms with Gasteiger partial charge in [-0.25, -0.2) is 9.69 Å². The van der Waals surface area contributed by atoms with Gasteiger partial charge in [0.2, 0.25) is 5.91 Å². The number of nitrogens with zero attached hydrogens (tertiary/aromatic N) is 1. The van der Waals surface area contributed by atoms with Crippen LogP contribution < -0.4 is 16.0 Å². The van der Waals surface area contributed by atoms with E-state index in [1.54, 1.807) is 6.07 Å². The van der Waals surface area contributed by atoms with Crippen LogP contribution in [0.5, 0.6) is 0 Å². The van der Waals surface area contributed by atoms with E-state index >= 15 is 0 Å². The van der Waals surface area contributed by atoms with Crippen LogP contribution in [0.15, 0.2) is 24.3 Å². The molecule has 3 amide bonds. The highest BCUT2D eigenvalue weighted by atomic mass is 16.2. The van der Waals surface area contributed by atoms with Crippen molar-refractivity contribution >= 4 is 17.6 Å². The number of benzene rings is 1. The Balaban J connectivity index is 1.95. The van der Waals surface area contributed by atoms with Crippen LogP contribution in [-0.4, -0.2) is 18.5 Å². The topological polar surface area (TPSA) is 75.4 Å². The average molecular weight is 287 g/mol. The summed E-state index contributed by atoms with van der Waals surface area (Å²) in [5, 5.41) is 2.89. The number of rotatable bonds is 2. The zero-order valence-electron chi connectivity index (χ0n) is 12.1. The fraction of sp³-hybridized carbons (Fsp3) is 0.500. The van der Waals surface area contributed by atoms with E-state index in [2.05, 4.69) is 5.32 Å². The minimum absolute atomic E-state index is 0.0554. The molecule has 1 saturated carbocycles. The maximum Gasteiger partial charge on any atom is 0.328 e. The van der Waals surface area contributed by atoms with Crippen LogP contribution in [0, 0.1) is 5.41 Å². The summed E-state index contributed by atoms with van der Waals surface area (Å²) in [6.45, 7) is 0.861. The Labute approximate surface area is 124 Å². The van der Waals surface area contributed by atoms with Crippen LogP contribution in [0.4, 0.5) is 10.5 Å². The molecule has 0 aromatic heterocycles. The lowest BCUT2D eigenvalue weighted by molar-refractivity contribution is -0.130. The molecule has 1 heterocycles. The van der Waals surface area contributed by atoms with Crippen molar-refractivity contribution in [2.24, 2.45) is 11.1 Å². The minimum Gasteiger partial charge on any atom is -0.336 e. The Bertz CT molecular complexity index is 564. The molecular weight excluding hydrogens is 266 g/mol. The van der Waals surface area contributed by atoms with Crippen LogP contribution in [0.3, 0.4) is 0 Å². The van der Waals surface area contributed by atoms with Crippen molar-refractivity contribution in [1.29, 1.82) is 0 Å². The number of carbonyl (C=O) groups excluding carboxylic acids is 2. The van der Waals surface area contributed by atoms with Gasteiger partial charge in [-0.05, 0) is 30.5 Å². The Morgan fingerprint density at radius 1 is 1.19 bits per heavy atom. The van der Waals surface area contributed by atoms with Crippen LogP contribution >= 0.6 is 0 Å². The van der Waals surface area contributed by atoms with E-state index in [4.69, 9.17) is 5.73 Å². The predicted octanol–water partition coefficient (Wildman–Crippen LogP) is 2.15. The molecule has 1 spiro atoms. The summed E-state index contributed by atoms with van der Waals surface area (Å²) in [5.41, 5.74) is 6.77. The number of hydrogen-bond donors (Lipinski definition) is 2. The van der Waals surface area contributed by atoms with Gasteiger partial charge in [0.25, 0.3) is 0 Å². The molecule has 3 rings (SSSR count). The summed E-state index contributed by atoms with van der Waals surface area (Å²) in [6.07, 6.45) is 5.00. The van der Waals surface area contributed by atoms with Crippen molar-refractivity contribution in [2.75, 3.05) is 11.4 Å². The molecule has 3 N–H and O–H groups in total. The van der Waals surface area contributed by atoms with Crippen molar-refractivity contribution in [3.8, 4) is 0 Å². The zero-order valence-corrected chi connectivity index (χ0v) is 12.1. The smallest absolute Gasteiger partial charge is 0.328 e. The van der Waals surface area contributed by atoms with Gasteiger partial charge in [-0.3, -0.25) is 4.79 Å². The molecule has 0 unspecified atom stereocenters. The monoisotopic (exact) mass is 287 g/mol. The van der Waals surface area contributed by atoms with Crippen LogP contribution in [-0.2, 0) is 11.3 Å². The molecule has 0 bridgehead atoms. The average Bonchev–Trinajstić information content (AvgIpc) is 2.53. The highest BCUT2D eigenvalue weighted by molar-refractivity contribution is 6.18. The fourth-order valence-corrected chi connectivity index (χ4v) is 3.41. The molecule has 1 aromatic carbocycles. The van der Waals surface area contributed by atoms with Gasteiger partial charge >= 0.3 is 6.03 Å². The first-order valence-electron chi connectivity index (χ1n) is 7.58. The van der Waals surface area contributed by atoms with Crippen LogP contribution in [0.1, 0.15) is 37.7 Å². The number of anilines is 1. The first-order chi connectivity index (χ1) is 10.2. The van der Waals surface area contributed by atoms with E-state index in [1.165, 1.54) is 11.3 Å². The Kier molecular flexibility index (Phi) is 3.68. The van der Waals surface area contributed by atoms with Gasteiger partial charge in [0.15, 0.2) is 0 Å². The lowest BCUT2D eigenvalue weighted by Crippen LogP contribution is -2.61. The van der Waals surface area contributed by atoms with E-state index in [-0.39, 0.29) is 11.9 Å². The van der Waals surface area contributed by atoms with Gasteiger partial charge in [-0.15, -0.1) is 0 Å². The second kappa shape index (κ2) is 5.48. The first-order valence-corrected chi connectivity index (χ1v) is 7.58. The van der Waals surface area contributed by atoms with Crippen LogP contribution in [0.2, 0.25) is 0 Å². The fourth-order valence-electron chi connectivity index (χ4n) is 3.41. The minimum atomic E-state index is -0.412. The van der Waals surface area contributed by atoms with Gasteiger partial charge < -0.3 is 11.1 Å². The number of hydrogen-bond acceptors (Lipinski definition) is 3. The van der Waals surface area contributed by atoms with Crippen LogP contribution in [0.25, 0.3) is 0 Å². The van der Waals surface area contributed by atoms with Gasteiger partial charge in [-0.2, -0.15) is 0 Å². The predicted molar refractivity (Wildman–Crippen MR) is 80.7 cm³/mol. The van der Waals surface area contributed by atoms with E-state index in [1.807, 2.05) is 18.2 Å². The molecule has 2 aliphatic rings. The van der Waals surface area contributed by atoms with Gasteiger partial charge in [0.1, 0.15) is 0 Å². The molecule has 112 valence electrons. The standard InChI is InChI=1S/C16H21N3O2/c17-10-12-5-4-6-13(9-12)19-14(20)16(11-18-15(19)21)7-2-1-3-8-16/h4-6,9H,1-3,7-8,10-11,17H2,(H,18,21). The molecule has 1 aromatic rings. The number of nitrogens with one attached hydrogen (secondary N) is 1. The molecule has 5 nitrogen and oxygen atoms in total. The van der Waals surface area contributed by atoms with Crippen molar-refractivity contribution in [2.45, 2.75) is 38.6 Å². The van der Waals surface area contributed by atoms with E-state index in [0.29, 0.717) is 18.8 Å². The second-order valence-electron chi connectivity index (χ2n) is 6.01. The number of nitrogens with two attached hydrogens (primary N) is 1. The molecule has 0 atom stereocenters. The third kappa shape index (κ3) is 2.42. The van der Waals surface area contributed by atoms with E-state index in [0.717, 1.165) is 31.2 Å². The van der Waals surface area contributed by atoms with Crippen molar-refractivity contribution in [1.82, 2.24) is 5.32 Å². The van der Waals surface area contributed by atoms with E-state index in [9.17, 15) is 9.59 Å². The summed E-state index contributed by atoms with van der Waals surface area (Å²) in [4.78, 5) is 26.4. The summed E-state index contributed by atoms with van der Waals surface area (Å²) in [6, 6.07) is 7.01. The van der Waals surface area contributed by atoms with Crippen molar-refractivity contribution in [3.05, 3.63) is 29.8 Å². The zero-order chi connectivity index (χ0) is 14.9. The largest absolute Gasteiger partial charge is 0.336 e. The summed E-state index contributed by atoms with van der Waals surface area (Å²) in [7, 11) is 0. The van der Waals surface area contributed by atoms with Gasteiger partial charge in [0, 0.05) is 13.1 Å². The highest BCUT2D eigenvalue weighted by Crippen LogP contribution is 2.40.